The largest absolute Gasteiger partial charge is 0.495 e. The van der Waals surface area contributed by atoms with Crippen LogP contribution in [-0.2, 0) is 28.8 Å². The highest BCUT2D eigenvalue weighted by atomic mass is 19.1. The van der Waals surface area contributed by atoms with E-state index in [-0.39, 0.29) is 18.1 Å². The third kappa shape index (κ3) is 3.34. The van der Waals surface area contributed by atoms with Crippen LogP contribution >= 0.6 is 0 Å². The molecule has 0 spiro atoms. The van der Waals surface area contributed by atoms with Gasteiger partial charge >= 0.3 is 7.12 Å². The zero-order chi connectivity index (χ0) is 19.2. The monoisotopic (exact) mass is 370 g/mol. The molecule has 7 heteroatoms. The van der Waals surface area contributed by atoms with Gasteiger partial charge in [0, 0.05) is 18.0 Å². The first-order valence-corrected chi connectivity index (χ1v) is 9.37. The number of pyridine rings is 2. The van der Waals surface area contributed by atoms with E-state index in [0.717, 1.165) is 30.4 Å². The van der Waals surface area contributed by atoms with Gasteiger partial charge in [0.15, 0.2) is 0 Å². The molecule has 1 fully saturated rings. The van der Waals surface area contributed by atoms with E-state index < -0.39 is 18.3 Å². The van der Waals surface area contributed by atoms with Crippen molar-refractivity contribution < 1.29 is 18.4 Å². The van der Waals surface area contributed by atoms with E-state index in [9.17, 15) is 4.39 Å². The minimum atomic E-state index is -0.459. The summed E-state index contributed by atoms with van der Waals surface area (Å²) in [7, 11) is -0.459. The van der Waals surface area contributed by atoms with Gasteiger partial charge < -0.3 is 14.0 Å². The third-order valence-electron chi connectivity index (χ3n) is 5.76. The van der Waals surface area contributed by atoms with Crippen LogP contribution in [0, 0.1) is 5.82 Å². The highest BCUT2D eigenvalue weighted by Crippen LogP contribution is 2.37. The van der Waals surface area contributed by atoms with Crippen molar-refractivity contribution in [3.05, 3.63) is 47.2 Å². The van der Waals surface area contributed by atoms with Crippen LogP contribution in [0.1, 0.15) is 51.1 Å². The zero-order valence-electron chi connectivity index (χ0n) is 16.2. The van der Waals surface area contributed by atoms with Crippen LogP contribution in [-0.4, -0.2) is 28.3 Å². The van der Waals surface area contributed by atoms with Crippen molar-refractivity contribution in [2.75, 3.05) is 0 Å². The minimum Gasteiger partial charge on any atom is -0.471 e. The lowest BCUT2D eigenvalue weighted by Crippen LogP contribution is -2.41. The molecule has 0 amide bonds. The zero-order valence-corrected chi connectivity index (χ0v) is 16.2. The van der Waals surface area contributed by atoms with Crippen LogP contribution in [0.15, 0.2) is 24.4 Å². The van der Waals surface area contributed by atoms with Crippen molar-refractivity contribution in [3.63, 3.8) is 0 Å². The lowest BCUT2D eigenvalue weighted by Gasteiger charge is -2.32. The Morgan fingerprint density at radius 2 is 1.93 bits per heavy atom. The smallest absolute Gasteiger partial charge is 0.471 e. The van der Waals surface area contributed by atoms with Gasteiger partial charge in [0.25, 0.3) is 0 Å². The molecule has 27 heavy (non-hydrogen) atoms. The standard InChI is InChI=1S/C20H24BFN2O3/c1-19(2)20(3,4)27-21(26-19)14-11-18(24-16-9-5-7-13(14)16)25-12-17-15(22)8-6-10-23-17/h6,8,10-11H,5,7,9,12H2,1-4H3. The molecule has 1 aliphatic heterocycles. The van der Waals surface area contributed by atoms with Gasteiger partial charge in [-0.3, -0.25) is 4.98 Å². The molecule has 0 saturated carbocycles. The quantitative estimate of drug-likeness (QED) is 0.775. The first-order chi connectivity index (χ1) is 12.8. The summed E-state index contributed by atoms with van der Waals surface area (Å²) in [4.78, 5) is 8.65. The first kappa shape index (κ1) is 18.4. The van der Waals surface area contributed by atoms with Crippen LogP contribution in [0.5, 0.6) is 5.88 Å². The van der Waals surface area contributed by atoms with E-state index in [1.165, 1.54) is 11.6 Å². The maximum absolute atomic E-state index is 13.8. The number of ether oxygens (including phenoxy) is 1. The van der Waals surface area contributed by atoms with Gasteiger partial charge in [0.2, 0.25) is 5.88 Å². The second-order valence-electron chi connectivity index (χ2n) is 8.14. The minimum absolute atomic E-state index is 0.0290. The van der Waals surface area contributed by atoms with Crippen LogP contribution in [0.3, 0.4) is 0 Å². The van der Waals surface area contributed by atoms with Gasteiger partial charge in [0.1, 0.15) is 18.1 Å². The molecule has 142 valence electrons. The molecule has 4 rings (SSSR count). The predicted octanol–water partition coefficient (Wildman–Crippen LogP) is 2.98. The molecular weight excluding hydrogens is 346 g/mol. The molecule has 3 heterocycles. The van der Waals surface area contributed by atoms with Gasteiger partial charge in [-0.1, -0.05) is 0 Å². The first-order valence-electron chi connectivity index (χ1n) is 9.37. The van der Waals surface area contributed by atoms with Crippen molar-refractivity contribution in [3.8, 4) is 5.88 Å². The van der Waals surface area contributed by atoms with E-state index in [0.29, 0.717) is 5.88 Å². The fourth-order valence-corrected chi connectivity index (χ4v) is 3.47. The van der Waals surface area contributed by atoms with Gasteiger partial charge in [-0.05, 0) is 70.1 Å². The summed E-state index contributed by atoms with van der Waals surface area (Å²) in [6.07, 6.45) is 4.45. The molecule has 1 saturated heterocycles. The number of hydrogen-bond acceptors (Lipinski definition) is 5. The second kappa shape index (κ2) is 6.57. The lowest BCUT2D eigenvalue weighted by atomic mass is 9.76. The van der Waals surface area contributed by atoms with E-state index in [2.05, 4.69) is 9.97 Å². The number of rotatable bonds is 4. The number of aromatic nitrogens is 2. The molecule has 0 N–H and O–H groups in total. The Labute approximate surface area is 159 Å². The van der Waals surface area contributed by atoms with Crippen LogP contribution in [0.25, 0.3) is 0 Å². The van der Waals surface area contributed by atoms with E-state index >= 15 is 0 Å². The molecule has 2 aliphatic rings. The van der Waals surface area contributed by atoms with E-state index in [4.69, 9.17) is 14.0 Å². The summed E-state index contributed by atoms with van der Waals surface area (Å²) in [5.41, 5.74) is 2.60. The highest BCUT2D eigenvalue weighted by molar-refractivity contribution is 6.62. The Bertz CT molecular complexity index is 856. The second-order valence-corrected chi connectivity index (χ2v) is 8.14. The summed E-state index contributed by atoms with van der Waals surface area (Å²) in [6, 6.07) is 4.80. The van der Waals surface area contributed by atoms with Crippen molar-refractivity contribution in [1.29, 1.82) is 0 Å². The SMILES string of the molecule is CC1(C)OB(c2cc(OCc3ncccc3F)nc3c2CCC3)OC1(C)C. The summed E-state index contributed by atoms with van der Waals surface area (Å²) in [5.74, 6) is 0.0651. The fourth-order valence-electron chi connectivity index (χ4n) is 3.47. The molecule has 0 radical (unpaired) electrons. The topological polar surface area (TPSA) is 53.5 Å². The summed E-state index contributed by atoms with van der Waals surface area (Å²) < 4.78 is 32.1. The van der Waals surface area contributed by atoms with Crippen molar-refractivity contribution in [1.82, 2.24) is 9.97 Å². The van der Waals surface area contributed by atoms with Crippen molar-refractivity contribution in [2.45, 2.75) is 64.8 Å². The van der Waals surface area contributed by atoms with E-state index in [1.807, 2.05) is 33.8 Å². The summed E-state index contributed by atoms with van der Waals surface area (Å²) >= 11 is 0. The van der Waals surface area contributed by atoms with Crippen molar-refractivity contribution >= 4 is 12.6 Å². The Morgan fingerprint density at radius 1 is 1.19 bits per heavy atom. The maximum Gasteiger partial charge on any atom is 0.495 e. The average molecular weight is 370 g/mol. The Kier molecular flexibility index (Phi) is 4.47. The van der Waals surface area contributed by atoms with Crippen LogP contribution in [0.2, 0.25) is 0 Å². The average Bonchev–Trinajstić information content (AvgIpc) is 3.15. The molecule has 0 aromatic carbocycles. The maximum atomic E-state index is 13.8. The van der Waals surface area contributed by atoms with Crippen LogP contribution in [0.4, 0.5) is 4.39 Å². The fraction of sp³-hybridized carbons (Fsp3) is 0.500. The summed E-state index contributed by atoms with van der Waals surface area (Å²) in [6.45, 7) is 8.18. The number of hydrogen-bond donors (Lipinski definition) is 0. The van der Waals surface area contributed by atoms with Gasteiger partial charge in [-0.2, -0.15) is 0 Å². The van der Waals surface area contributed by atoms with Crippen molar-refractivity contribution in [2.24, 2.45) is 0 Å². The van der Waals surface area contributed by atoms with Crippen LogP contribution < -0.4 is 10.2 Å². The number of halogens is 1. The molecule has 0 bridgehead atoms. The molecule has 2 aromatic rings. The summed E-state index contributed by atoms with van der Waals surface area (Å²) in [5, 5.41) is 0. The lowest BCUT2D eigenvalue weighted by molar-refractivity contribution is 0.00578. The van der Waals surface area contributed by atoms with Gasteiger partial charge in [0.05, 0.1) is 11.2 Å². The Balaban J connectivity index is 1.62. The third-order valence-corrected chi connectivity index (χ3v) is 5.76. The van der Waals surface area contributed by atoms with Gasteiger partial charge in [-0.15, -0.1) is 0 Å². The normalized spacial score (nSPS) is 20.0. The van der Waals surface area contributed by atoms with E-state index in [1.54, 1.807) is 12.3 Å². The molecule has 1 aliphatic carbocycles. The Morgan fingerprint density at radius 3 is 2.63 bits per heavy atom. The number of nitrogens with zero attached hydrogens (tertiary/aromatic N) is 2. The molecule has 5 nitrogen and oxygen atoms in total. The highest BCUT2D eigenvalue weighted by Gasteiger charge is 2.52. The molecular formula is C20H24BFN2O3. The predicted molar refractivity (Wildman–Crippen MR) is 101 cm³/mol. The number of aryl methyl sites for hydroxylation is 1. The molecule has 0 atom stereocenters. The molecule has 2 aromatic heterocycles. The molecule has 0 unspecified atom stereocenters. The number of fused-ring (bicyclic) bond motifs is 1. The Hall–Kier alpha value is -1.99. The van der Waals surface area contributed by atoms with Gasteiger partial charge in [-0.25, -0.2) is 9.37 Å².